The molecule has 0 aliphatic carbocycles. The first-order valence-electron chi connectivity index (χ1n) is 9.35. The summed E-state index contributed by atoms with van der Waals surface area (Å²) < 4.78 is 24.9. The quantitative estimate of drug-likeness (QED) is 0.595. The Bertz CT molecular complexity index is 1040. The summed E-state index contributed by atoms with van der Waals surface area (Å²) in [5.74, 6) is 0.905. The summed E-state index contributed by atoms with van der Waals surface area (Å²) in [5.41, 5.74) is 1.70. The molecule has 3 aromatic rings. The topological polar surface area (TPSA) is 51.7 Å². The van der Waals surface area contributed by atoms with Crippen molar-refractivity contribution >= 4 is 17.2 Å². The van der Waals surface area contributed by atoms with Crippen molar-refractivity contribution in [1.29, 1.82) is 0 Å². The van der Waals surface area contributed by atoms with Crippen molar-refractivity contribution in [3.05, 3.63) is 64.9 Å². The van der Waals surface area contributed by atoms with Crippen molar-refractivity contribution in [2.24, 2.45) is 0 Å². The summed E-state index contributed by atoms with van der Waals surface area (Å²) >= 11 is 1.27. The van der Waals surface area contributed by atoms with Crippen molar-refractivity contribution in [3.63, 3.8) is 0 Å². The van der Waals surface area contributed by atoms with E-state index >= 15 is 0 Å². The van der Waals surface area contributed by atoms with Crippen LogP contribution in [0.1, 0.15) is 34.9 Å². The van der Waals surface area contributed by atoms with Crippen molar-refractivity contribution in [2.75, 3.05) is 20.8 Å². The van der Waals surface area contributed by atoms with Crippen LogP contribution in [-0.2, 0) is 0 Å². The van der Waals surface area contributed by atoms with Gasteiger partial charge in [-0.05, 0) is 37.1 Å². The molecule has 7 heteroatoms. The van der Waals surface area contributed by atoms with Crippen molar-refractivity contribution in [1.82, 2.24) is 9.88 Å². The third kappa shape index (κ3) is 3.70. The Kier molecular flexibility index (Phi) is 5.49. The summed E-state index contributed by atoms with van der Waals surface area (Å²) in [4.78, 5) is 19.4. The Morgan fingerprint density at radius 3 is 2.79 bits per heavy atom. The Balaban J connectivity index is 1.62. The average molecular weight is 412 g/mol. The molecule has 1 amide bonds. The lowest BCUT2D eigenvalue weighted by Crippen LogP contribution is -2.31. The molecule has 1 atom stereocenters. The van der Waals surface area contributed by atoms with E-state index in [1.54, 1.807) is 37.8 Å². The lowest BCUT2D eigenvalue weighted by molar-refractivity contribution is 0.0729. The van der Waals surface area contributed by atoms with Gasteiger partial charge in [0.05, 0.1) is 20.3 Å². The van der Waals surface area contributed by atoms with Gasteiger partial charge >= 0.3 is 0 Å². The number of amides is 1. The van der Waals surface area contributed by atoms with Crippen LogP contribution in [0.2, 0.25) is 0 Å². The third-order valence-corrected chi connectivity index (χ3v) is 6.02. The molecule has 0 spiro atoms. The first kappa shape index (κ1) is 19.4. The average Bonchev–Trinajstić information content (AvgIpc) is 3.43. The van der Waals surface area contributed by atoms with Gasteiger partial charge < -0.3 is 14.4 Å². The molecule has 1 fully saturated rings. The van der Waals surface area contributed by atoms with Crippen LogP contribution in [0.4, 0.5) is 4.39 Å². The van der Waals surface area contributed by atoms with Crippen LogP contribution in [0.3, 0.4) is 0 Å². The van der Waals surface area contributed by atoms with E-state index in [0.717, 1.165) is 18.4 Å². The second-order valence-corrected chi connectivity index (χ2v) is 7.64. The maximum Gasteiger partial charge on any atom is 0.273 e. The van der Waals surface area contributed by atoms with E-state index in [2.05, 4.69) is 4.98 Å². The number of methoxy groups -OCH3 is 2. The number of carbonyl (C=O) groups excluding carboxylic acids is 1. The molecule has 1 aromatic heterocycles. The van der Waals surface area contributed by atoms with Gasteiger partial charge in [0.25, 0.3) is 5.91 Å². The number of aromatic nitrogens is 1. The summed E-state index contributed by atoms with van der Waals surface area (Å²) in [6, 6.07) is 12.0. The number of halogens is 1. The summed E-state index contributed by atoms with van der Waals surface area (Å²) in [7, 11) is 3.22. The van der Waals surface area contributed by atoms with Gasteiger partial charge in [0.1, 0.15) is 28.0 Å². The van der Waals surface area contributed by atoms with E-state index in [9.17, 15) is 9.18 Å². The van der Waals surface area contributed by atoms with E-state index < -0.39 is 0 Å². The highest BCUT2D eigenvalue weighted by atomic mass is 32.1. The smallest absolute Gasteiger partial charge is 0.273 e. The predicted molar refractivity (Wildman–Crippen MR) is 110 cm³/mol. The molecule has 1 saturated heterocycles. The zero-order valence-electron chi connectivity index (χ0n) is 16.2. The van der Waals surface area contributed by atoms with E-state index in [4.69, 9.17) is 9.47 Å². The number of ether oxygens (including phenoxy) is 2. The molecular weight excluding hydrogens is 391 g/mol. The number of rotatable bonds is 5. The maximum atomic E-state index is 14.1. The van der Waals surface area contributed by atoms with E-state index in [0.29, 0.717) is 34.3 Å². The minimum Gasteiger partial charge on any atom is -0.497 e. The van der Waals surface area contributed by atoms with Crippen LogP contribution in [0, 0.1) is 5.82 Å². The molecule has 150 valence electrons. The monoisotopic (exact) mass is 412 g/mol. The van der Waals surface area contributed by atoms with Gasteiger partial charge in [-0.1, -0.05) is 12.1 Å². The number of hydrogen-bond donors (Lipinski definition) is 0. The minimum atomic E-state index is -0.345. The second-order valence-electron chi connectivity index (χ2n) is 6.78. The normalized spacial score (nSPS) is 16.1. The zero-order valence-corrected chi connectivity index (χ0v) is 17.0. The number of hydrogen-bond acceptors (Lipinski definition) is 5. The molecule has 0 N–H and O–H groups in total. The number of benzene rings is 2. The van der Waals surface area contributed by atoms with Gasteiger partial charge in [0, 0.05) is 29.1 Å². The van der Waals surface area contributed by atoms with Crippen molar-refractivity contribution in [3.8, 4) is 22.1 Å². The molecule has 1 aliphatic rings. The molecule has 1 unspecified atom stereocenters. The first-order valence-corrected chi connectivity index (χ1v) is 10.2. The van der Waals surface area contributed by atoms with Crippen LogP contribution < -0.4 is 9.47 Å². The Morgan fingerprint density at radius 1 is 1.21 bits per heavy atom. The highest BCUT2D eigenvalue weighted by Crippen LogP contribution is 2.39. The Hall–Kier alpha value is -2.93. The SMILES string of the molecule is COc1ccc(C2CCCN2C(=O)c2csc(-c3ccccc3F)n2)c(OC)c1. The molecule has 1 aliphatic heterocycles. The summed E-state index contributed by atoms with van der Waals surface area (Å²) in [6.07, 6.45) is 1.74. The van der Waals surface area contributed by atoms with Gasteiger partial charge in [-0.25, -0.2) is 9.37 Å². The van der Waals surface area contributed by atoms with Gasteiger partial charge in [-0.2, -0.15) is 0 Å². The molecule has 0 bridgehead atoms. The fourth-order valence-electron chi connectivity index (χ4n) is 3.70. The molecule has 0 saturated carbocycles. The molecule has 2 heterocycles. The number of likely N-dealkylation sites (tertiary alicyclic amines) is 1. The van der Waals surface area contributed by atoms with Gasteiger partial charge in [0.15, 0.2) is 0 Å². The van der Waals surface area contributed by atoms with Crippen LogP contribution in [0.15, 0.2) is 47.8 Å². The van der Waals surface area contributed by atoms with E-state index in [-0.39, 0.29) is 17.8 Å². The van der Waals surface area contributed by atoms with E-state index in [1.165, 1.54) is 17.4 Å². The summed E-state index contributed by atoms with van der Waals surface area (Å²) in [6.45, 7) is 0.644. The molecule has 5 nitrogen and oxygen atoms in total. The Morgan fingerprint density at radius 2 is 2.03 bits per heavy atom. The first-order chi connectivity index (χ1) is 14.1. The van der Waals surface area contributed by atoms with E-state index in [1.807, 2.05) is 23.1 Å². The summed E-state index contributed by atoms with van der Waals surface area (Å²) in [5, 5.41) is 2.20. The molecule has 0 radical (unpaired) electrons. The van der Waals surface area contributed by atoms with Gasteiger partial charge in [-0.15, -0.1) is 11.3 Å². The molecule has 4 rings (SSSR count). The number of nitrogens with zero attached hydrogens (tertiary/aromatic N) is 2. The largest absolute Gasteiger partial charge is 0.497 e. The van der Waals surface area contributed by atoms with Crippen LogP contribution >= 0.6 is 11.3 Å². The molecule has 2 aromatic carbocycles. The Labute approximate surface area is 172 Å². The third-order valence-electron chi connectivity index (χ3n) is 5.14. The number of thiazole rings is 1. The van der Waals surface area contributed by atoms with Crippen molar-refractivity contribution in [2.45, 2.75) is 18.9 Å². The zero-order chi connectivity index (χ0) is 20.4. The fourth-order valence-corrected chi connectivity index (χ4v) is 4.52. The minimum absolute atomic E-state index is 0.0954. The lowest BCUT2D eigenvalue weighted by atomic mass is 10.0. The van der Waals surface area contributed by atoms with Gasteiger partial charge in [0.2, 0.25) is 0 Å². The predicted octanol–water partition coefficient (Wildman–Crippen LogP) is 4.94. The van der Waals surface area contributed by atoms with Crippen LogP contribution in [-0.4, -0.2) is 36.6 Å². The lowest BCUT2D eigenvalue weighted by Gasteiger charge is -2.26. The van der Waals surface area contributed by atoms with Crippen LogP contribution in [0.25, 0.3) is 10.6 Å². The highest BCUT2D eigenvalue weighted by molar-refractivity contribution is 7.13. The molecular formula is C22H21FN2O3S. The second kappa shape index (κ2) is 8.21. The highest BCUT2D eigenvalue weighted by Gasteiger charge is 2.33. The van der Waals surface area contributed by atoms with Crippen LogP contribution in [0.5, 0.6) is 11.5 Å². The maximum absolute atomic E-state index is 14.1. The molecule has 29 heavy (non-hydrogen) atoms. The fraction of sp³-hybridized carbons (Fsp3) is 0.273. The van der Waals surface area contributed by atoms with Gasteiger partial charge in [-0.3, -0.25) is 4.79 Å². The number of carbonyl (C=O) groups is 1. The van der Waals surface area contributed by atoms with Crippen molar-refractivity contribution < 1.29 is 18.7 Å². The standard InChI is InChI=1S/C22H21FN2O3S/c1-27-14-9-10-16(20(12-14)28-2)19-8-5-11-25(19)22(26)18-13-29-21(24-18)15-6-3-4-7-17(15)23/h3-4,6-7,9-10,12-13,19H,5,8,11H2,1-2H3.